The molecule has 0 spiro atoms. The Balaban J connectivity index is 1.60. The molecule has 0 radical (unpaired) electrons. The zero-order valence-electron chi connectivity index (χ0n) is 11.6. The average Bonchev–Trinajstić information content (AvgIpc) is 2.97. The van der Waals surface area contributed by atoms with Gasteiger partial charge >= 0.3 is 0 Å². The Morgan fingerprint density at radius 1 is 1.21 bits per heavy atom. The number of aryl methyl sites for hydroxylation is 1. The molecule has 1 N–H and O–H groups in total. The van der Waals surface area contributed by atoms with Crippen molar-refractivity contribution in [2.45, 2.75) is 19.5 Å². The van der Waals surface area contributed by atoms with Crippen molar-refractivity contribution in [3.63, 3.8) is 0 Å². The first-order valence-corrected chi connectivity index (χ1v) is 6.74. The zero-order valence-corrected chi connectivity index (χ0v) is 11.6. The van der Waals surface area contributed by atoms with E-state index < -0.39 is 0 Å². The second kappa shape index (κ2) is 5.05. The fraction of sp³-hybridized carbons (Fsp3) is 0.400. The normalized spacial score (nSPS) is 13.9. The van der Waals surface area contributed by atoms with Gasteiger partial charge in [0, 0.05) is 45.6 Å². The molecule has 0 saturated heterocycles. The number of likely N-dealkylation sites (N-methyl/N-ethyl adjacent to an activating group) is 1. The molecule has 0 bridgehead atoms. The van der Waals surface area contributed by atoms with Gasteiger partial charge in [0.1, 0.15) is 0 Å². The van der Waals surface area contributed by atoms with Crippen LogP contribution in [0.15, 0.2) is 30.5 Å². The quantitative estimate of drug-likeness (QED) is 0.904. The molecule has 19 heavy (non-hydrogen) atoms. The molecular weight excluding hydrogens is 236 g/mol. The third kappa shape index (κ3) is 2.49. The van der Waals surface area contributed by atoms with Crippen LogP contribution in [0.2, 0.25) is 0 Å². The molecule has 1 aliphatic heterocycles. The number of benzene rings is 1. The van der Waals surface area contributed by atoms with Gasteiger partial charge in [0.2, 0.25) is 0 Å². The molecule has 0 amide bonds. The number of fused-ring (bicyclic) bond motifs is 1. The predicted octanol–water partition coefficient (Wildman–Crippen LogP) is 1.70. The van der Waals surface area contributed by atoms with Gasteiger partial charge in [0.25, 0.3) is 0 Å². The summed E-state index contributed by atoms with van der Waals surface area (Å²) < 4.78 is 1.91. The Hall–Kier alpha value is -1.81. The van der Waals surface area contributed by atoms with Crippen molar-refractivity contribution in [1.29, 1.82) is 0 Å². The highest BCUT2D eigenvalue weighted by Gasteiger charge is 2.15. The maximum atomic E-state index is 4.17. The second-order valence-corrected chi connectivity index (χ2v) is 5.18. The maximum Gasteiger partial charge on any atom is 0.0518 e. The number of hydrogen-bond donors (Lipinski definition) is 1. The third-order valence-electron chi connectivity index (χ3n) is 3.83. The Morgan fingerprint density at radius 2 is 2.11 bits per heavy atom. The Morgan fingerprint density at radius 3 is 2.89 bits per heavy atom. The Labute approximate surface area is 114 Å². The van der Waals surface area contributed by atoms with E-state index in [0.717, 1.165) is 19.6 Å². The summed E-state index contributed by atoms with van der Waals surface area (Å²) in [6.07, 6.45) is 3.00. The Bertz CT molecular complexity index is 573. The smallest absolute Gasteiger partial charge is 0.0518 e. The first-order chi connectivity index (χ1) is 9.24. The highest BCUT2D eigenvalue weighted by molar-refractivity contribution is 5.58. The van der Waals surface area contributed by atoms with E-state index in [-0.39, 0.29) is 0 Å². The van der Waals surface area contributed by atoms with E-state index >= 15 is 0 Å². The van der Waals surface area contributed by atoms with Gasteiger partial charge in [-0.05, 0) is 29.7 Å². The van der Waals surface area contributed by atoms with Gasteiger partial charge in [0.15, 0.2) is 0 Å². The van der Waals surface area contributed by atoms with Crippen LogP contribution in [0.25, 0.3) is 0 Å². The molecule has 0 unspecified atom stereocenters. The summed E-state index contributed by atoms with van der Waals surface area (Å²) in [6, 6.07) is 8.83. The van der Waals surface area contributed by atoms with E-state index in [9.17, 15) is 0 Å². The van der Waals surface area contributed by atoms with Crippen molar-refractivity contribution in [3.05, 3.63) is 47.3 Å². The molecule has 0 saturated carbocycles. The van der Waals surface area contributed by atoms with E-state index in [1.54, 1.807) is 0 Å². The molecule has 100 valence electrons. The summed E-state index contributed by atoms with van der Waals surface area (Å²) in [7, 11) is 4.13. The minimum absolute atomic E-state index is 0.855. The molecule has 1 aliphatic rings. The lowest BCUT2D eigenvalue weighted by Gasteiger charge is -2.12. The number of hydrogen-bond acceptors (Lipinski definition) is 3. The first-order valence-electron chi connectivity index (χ1n) is 6.74. The van der Waals surface area contributed by atoms with E-state index in [1.807, 2.05) is 24.0 Å². The lowest BCUT2D eigenvalue weighted by atomic mass is 10.1. The van der Waals surface area contributed by atoms with Crippen LogP contribution < -0.4 is 10.2 Å². The molecule has 0 aliphatic carbocycles. The summed E-state index contributed by atoms with van der Waals surface area (Å²) in [5.74, 6) is 0. The van der Waals surface area contributed by atoms with Crippen LogP contribution in [0, 0.1) is 0 Å². The van der Waals surface area contributed by atoms with Gasteiger partial charge in [-0.25, -0.2) is 0 Å². The molecule has 3 rings (SSSR count). The highest BCUT2D eigenvalue weighted by atomic mass is 15.3. The topological polar surface area (TPSA) is 33.1 Å². The highest BCUT2D eigenvalue weighted by Crippen LogP contribution is 2.27. The molecule has 0 fully saturated rings. The SMILES string of the molecule is CN1CCc2cc(CNCc3ccnn3C)ccc21. The number of nitrogens with zero attached hydrogens (tertiary/aromatic N) is 3. The summed E-state index contributed by atoms with van der Waals surface area (Å²) in [6.45, 7) is 2.90. The minimum atomic E-state index is 0.855. The largest absolute Gasteiger partial charge is 0.374 e. The second-order valence-electron chi connectivity index (χ2n) is 5.18. The van der Waals surface area contributed by atoms with Gasteiger partial charge < -0.3 is 10.2 Å². The van der Waals surface area contributed by atoms with Gasteiger partial charge in [-0.2, -0.15) is 5.10 Å². The molecule has 0 atom stereocenters. The molecule has 2 heterocycles. The Kier molecular flexibility index (Phi) is 3.25. The van der Waals surface area contributed by atoms with Crippen LogP contribution in [0.3, 0.4) is 0 Å². The minimum Gasteiger partial charge on any atom is -0.374 e. The molecule has 4 heteroatoms. The standard InChI is InChI=1S/C15H20N4/c1-18-8-6-13-9-12(3-4-15(13)18)10-16-11-14-5-7-17-19(14)2/h3-5,7,9,16H,6,8,10-11H2,1-2H3. The van der Waals surface area contributed by atoms with Crippen LogP contribution in [0.4, 0.5) is 5.69 Å². The average molecular weight is 256 g/mol. The van der Waals surface area contributed by atoms with Crippen LogP contribution in [0.1, 0.15) is 16.8 Å². The van der Waals surface area contributed by atoms with E-state index in [2.05, 4.69) is 40.6 Å². The lowest BCUT2D eigenvalue weighted by molar-refractivity contribution is 0.626. The van der Waals surface area contributed by atoms with Crippen molar-refractivity contribution in [2.75, 3.05) is 18.5 Å². The fourth-order valence-electron chi connectivity index (χ4n) is 2.64. The van der Waals surface area contributed by atoms with Crippen LogP contribution in [-0.2, 0) is 26.6 Å². The van der Waals surface area contributed by atoms with E-state index in [1.165, 1.54) is 28.9 Å². The number of rotatable bonds is 4. The predicted molar refractivity (Wildman–Crippen MR) is 77.2 cm³/mol. The number of aromatic nitrogens is 2. The monoisotopic (exact) mass is 256 g/mol. The summed E-state index contributed by atoms with van der Waals surface area (Å²) in [4.78, 5) is 2.32. The lowest BCUT2D eigenvalue weighted by Crippen LogP contribution is -2.15. The van der Waals surface area contributed by atoms with E-state index in [4.69, 9.17) is 0 Å². The molecule has 1 aromatic carbocycles. The van der Waals surface area contributed by atoms with Crippen LogP contribution in [0.5, 0.6) is 0 Å². The van der Waals surface area contributed by atoms with Crippen molar-refractivity contribution in [1.82, 2.24) is 15.1 Å². The summed E-state index contributed by atoms with van der Waals surface area (Å²) in [5.41, 5.74) is 5.43. The third-order valence-corrected chi connectivity index (χ3v) is 3.83. The van der Waals surface area contributed by atoms with Gasteiger partial charge in [-0.1, -0.05) is 12.1 Å². The van der Waals surface area contributed by atoms with Gasteiger partial charge in [-0.3, -0.25) is 4.68 Å². The maximum absolute atomic E-state index is 4.17. The van der Waals surface area contributed by atoms with Crippen molar-refractivity contribution < 1.29 is 0 Å². The van der Waals surface area contributed by atoms with E-state index in [0.29, 0.717) is 0 Å². The molecule has 4 nitrogen and oxygen atoms in total. The van der Waals surface area contributed by atoms with Crippen molar-refractivity contribution in [2.24, 2.45) is 7.05 Å². The van der Waals surface area contributed by atoms with Crippen LogP contribution in [-0.4, -0.2) is 23.4 Å². The zero-order chi connectivity index (χ0) is 13.2. The number of anilines is 1. The first kappa shape index (κ1) is 12.2. The molecule has 1 aromatic heterocycles. The van der Waals surface area contributed by atoms with Gasteiger partial charge in [-0.15, -0.1) is 0 Å². The van der Waals surface area contributed by atoms with Gasteiger partial charge in [0.05, 0.1) is 5.69 Å². The van der Waals surface area contributed by atoms with Crippen molar-refractivity contribution >= 4 is 5.69 Å². The molecule has 2 aromatic rings. The number of nitrogens with one attached hydrogen (secondary N) is 1. The van der Waals surface area contributed by atoms with Crippen LogP contribution >= 0.6 is 0 Å². The fourth-order valence-corrected chi connectivity index (χ4v) is 2.64. The summed E-state index contributed by atoms with van der Waals surface area (Å²) in [5, 5.41) is 7.64. The molecular formula is C15H20N4. The summed E-state index contributed by atoms with van der Waals surface area (Å²) >= 11 is 0. The van der Waals surface area contributed by atoms with Crippen molar-refractivity contribution in [3.8, 4) is 0 Å².